The molecule has 10 nitrogen and oxygen atoms in total. The second-order valence-corrected chi connectivity index (χ2v) is 11.6. The average Bonchev–Trinajstić information content (AvgIpc) is 3.66. The number of nitrogens with zero attached hydrogens (tertiary/aromatic N) is 3. The summed E-state index contributed by atoms with van der Waals surface area (Å²) in [4.78, 5) is 26.8. The van der Waals surface area contributed by atoms with E-state index in [2.05, 4.69) is 38.4 Å². The van der Waals surface area contributed by atoms with Gasteiger partial charge in [-0.2, -0.15) is 0 Å². The summed E-state index contributed by atoms with van der Waals surface area (Å²) in [6.45, 7) is 4.36. The van der Waals surface area contributed by atoms with Crippen LogP contribution in [0.15, 0.2) is 36.5 Å². The lowest BCUT2D eigenvalue weighted by molar-refractivity contribution is 0.0854. The number of carbonyl (C=O) groups excluding carboxylic acids is 1. The number of rotatable bonds is 8. The molecule has 1 saturated heterocycles. The number of benzene rings is 1. The molecule has 0 radical (unpaired) electrons. The lowest BCUT2D eigenvalue weighted by atomic mass is 9.86. The van der Waals surface area contributed by atoms with Crippen LogP contribution in [0, 0.1) is 11.8 Å². The number of aromatic nitrogens is 3. The molecule has 40 heavy (non-hydrogen) atoms. The van der Waals surface area contributed by atoms with E-state index >= 15 is 0 Å². The van der Waals surface area contributed by atoms with Gasteiger partial charge in [-0.25, -0.2) is 14.8 Å². The summed E-state index contributed by atoms with van der Waals surface area (Å²) in [7, 11) is 1.68. The van der Waals surface area contributed by atoms with Crippen LogP contribution in [0.5, 0.6) is 5.75 Å². The molecule has 1 saturated carbocycles. The molecular weight excluding hydrogens is 532 g/mol. The zero-order valence-corrected chi connectivity index (χ0v) is 23.4. The Morgan fingerprint density at radius 3 is 2.80 bits per heavy atom. The van der Waals surface area contributed by atoms with Crippen molar-refractivity contribution in [1.82, 2.24) is 19.9 Å². The lowest BCUT2D eigenvalue weighted by Gasteiger charge is -2.33. The Hall–Kier alpha value is -3.34. The van der Waals surface area contributed by atoms with E-state index < -0.39 is 6.09 Å². The SMILES string of the molecule is COc1ccc(-c2nc3ncc(Cl)c(N[C@H]4[C@@H](OC(N)=O)[C@@H]5C=C[C@H]4C5)c3[nH]2)c(C2CCN(C[C@@H](C)O)CC2)c1. The number of hydrogen-bond acceptors (Lipinski definition) is 8. The van der Waals surface area contributed by atoms with Gasteiger partial charge in [0, 0.05) is 23.9 Å². The van der Waals surface area contributed by atoms with Crippen molar-refractivity contribution in [3.63, 3.8) is 0 Å². The Morgan fingerprint density at radius 2 is 2.08 bits per heavy atom. The number of ether oxygens (including phenoxy) is 2. The monoisotopic (exact) mass is 566 g/mol. The number of pyridine rings is 1. The Bertz CT molecular complexity index is 1430. The first-order valence-corrected chi connectivity index (χ1v) is 14.2. The van der Waals surface area contributed by atoms with Gasteiger partial charge in [-0.1, -0.05) is 23.8 Å². The quantitative estimate of drug-likeness (QED) is 0.296. The first-order chi connectivity index (χ1) is 19.3. The number of halogens is 1. The molecule has 5 atom stereocenters. The summed E-state index contributed by atoms with van der Waals surface area (Å²) in [5.41, 5.74) is 9.46. The van der Waals surface area contributed by atoms with Crippen LogP contribution < -0.4 is 15.8 Å². The highest BCUT2D eigenvalue weighted by Crippen LogP contribution is 2.44. The molecular formula is C29H35ClN6O4. The number of carbonyl (C=O) groups is 1. The number of methoxy groups -OCH3 is 1. The van der Waals surface area contributed by atoms with E-state index in [1.54, 1.807) is 13.3 Å². The summed E-state index contributed by atoms with van der Waals surface area (Å²) in [5.74, 6) is 2.15. The minimum absolute atomic E-state index is 0.122. The molecule has 2 bridgehead atoms. The van der Waals surface area contributed by atoms with Crippen LogP contribution >= 0.6 is 11.6 Å². The fourth-order valence-corrected chi connectivity index (χ4v) is 6.85. The number of anilines is 1. The third-order valence-corrected chi connectivity index (χ3v) is 8.77. The van der Waals surface area contributed by atoms with Gasteiger partial charge in [-0.3, -0.25) is 0 Å². The minimum atomic E-state index is -0.781. The van der Waals surface area contributed by atoms with E-state index in [9.17, 15) is 9.90 Å². The van der Waals surface area contributed by atoms with Crippen molar-refractivity contribution in [3.05, 3.63) is 47.1 Å². The number of aliphatic hydroxyl groups is 1. The fraction of sp³-hybridized carbons (Fsp3) is 0.483. The molecule has 2 aliphatic carbocycles. The third kappa shape index (κ3) is 5.11. The highest BCUT2D eigenvalue weighted by Gasteiger charge is 2.47. The van der Waals surface area contributed by atoms with Crippen LogP contribution in [0.4, 0.5) is 10.5 Å². The molecule has 5 N–H and O–H groups in total. The number of β-amino-alcohol motifs (C(OH)–C–C–N with tert-alkyl or cyclic N) is 1. The Labute approximate surface area is 237 Å². The van der Waals surface area contributed by atoms with Crippen molar-refractivity contribution in [1.29, 1.82) is 0 Å². The molecule has 1 amide bonds. The van der Waals surface area contributed by atoms with Crippen molar-refractivity contribution in [3.8, 4) is 17.1 Å². The maximum atomic E-state index is 11.6. The molecule has 2 aromatic heterocycles. The van der Waals surface area contributed by atoms with Gasteiger partial charge in [0.15, 0.2) is 5.65 Å². The third-order valence-electron chi connectivity index (χ3n) is 8.49. The van der Waals surface area contributed by atoms with E-state index in [4.69, 9.17) is 31.8 Å². The van der Waals surface area contributed by atoms with Crippen molar-refractivity contribution in [2.75, 3.05) is 32.1 Å². The Kier molecular flexibility index (Phi) is 7.33. The van der Waals surface area contributed by atoms with E-state index in [1.165, 1.54) is 5.56 Å². The summed E-state index contributed by atoms with van der Waals surface area (Å²) < 4.78 is 11.1. The summed E-state index contributed by atoms with van der Waals surface area (Å²) in [6, 6.07) is 5.92. The molecule has 11 heteroatoms. The van der Waals surface area contributed by atoms with Crippen LogP contribution in [0.3, 0.4) is 0 Å². The number of nitrogens with one attached hydrogen (secondary N) is 2. The first-order valence-electron chi connectivity index (χ1n) is 13.8. The molecule has 212 valence electrons. The van der Waals surface area contributed by atoms with Gasteiger partial charge < -0.3 is 35.5 Å². The van der Waals surface area contributed by atoms with Crippen LogP contribution in [0.2, 0.25) is 5.02 Å². The number of aromatic amines is 1. The van der Waals surface area contributed by atoms with E-state index in [0.29, 0.717) is 40.2 Å². The number of amides is 1. The van der Waals surface area contributed by atoms with Crippen molar-refractivity contribution in [2.45, 2.75) is 50.4 Å². The van der Waals surface area contributed by atoms with Crippen molar-refractivity contribution in [2.24, 2.45) is 17.6 Å². The average molecular weight is 567 g/mol. The van der Waals surface area contributed by atoms with Gasteiger partial charge in [0.2, 0.25) is 0 Å². The second-order valence-electron chi connectivity index (χ2n) is 11.2. The molecule has 3 heterocycles. The largest absolute Gasteiger partial charge is 0.497 e. The zero-order valence-electron chi connectivity index (χ0n) is 22.6. The molecule has 0 spiro atoms. The lowest BCUT2D eigenvalue weighted by Crippen LogP contribution is -2.41. The van der Waals surface area contributed by atoms with Gasteiger partial charge in [0.1, 0.15) is 23.2 Å². The van der Waals surface area contributed by atoms with Crippen LogP contribution in [0.1, 0.15) is 37.7 Å². The number of nitrogens with two attached hydrogens (primary N) is 1. The van der Waals surface area contributed by atoms with Gasteiger partial charge in [-0.15, -0.1) is 0 Å². The van der Waals surface area contributed by atoms with Gasteiger partial charge in [-0.05, 0) is 69.0 Å². The van der Waals surface area contributed by atoms with Crippen molar-refractivity contribution < 1.29 is 19.4 Å². The summed E-state index contributed by atoms with van der Waals surface area (Å²) >= 11 is 6.67. The number of piperidine rings is 1. The van der Waals surface area contributed by atoms with Crippen LogP contribution in [-0.2, 0) is 4.74 Å². The number of hydrogen-bond donors (Lipinski definition) is 4. The smallest absolute Gasteiger partial charge is 0.404 e. The number of primary amides is 1. The molecule has 0 unspecified atom stereocenters. The highest BCUT2D eigenvalue weighted by atomic mass is 35.5. The molecule has 1 aromatic carbocycles. The maximum Gasteiger partial charge on any atom is 0.404 e. The number of likely N-dealkylation sites (tertiary alicyclic amines) is 1. The topological polar surface area (TPSA) is 139 Å². The fourth-order valence-electron chi connectivity index (χ4n) is 6.65. The normalized spacial score (nSPS) is 25.4. The number of imidazole rings is 1. The number of fused-ring (bicyclic) bond motifs is 3. The van der Waals surface area contributed by atoms with Gasteiger partial charge in [0.05, 0.1) is 36.2 Å². The molecule has 1 aliphatic heterocycles. The summed E-state index contributed by atoms with van der Waals surface area (Å²) in [5, 5.41) is 13.8. The van der Waals surface area contributed by atoms with E-state index in [0.717, 1.165) is 43.7 Å². The predicted molar refractivity (Wildman–Crippen MR) is 154 cm³/mol. The molecule has 3 aliphatic rings. The van der Waals surface area contributed by atoms with E-state index in [-0.39, 0.29) is 30.1 Å². The van der Waals surface area contributed by atoms with E-state index in [1.807, 2.05) is 19.1 Å². The molecule has 6 rings (SSSR count). The van der Waals surface area contributed by atoms with Crippen molar-refractivity contribution >= 4 is 34.5 Å². The number of aliphatic hydroxyl groups excluding tert-OH is 1. The maximum absolute atomic E-state index is 11.6. The second kappa shape index (κ2) is 10.9. The minimum Gasteiger partial charge on any atom is -0.497 e. The molecule has 2 fully saturated rings. The standard InChI is InChI=1S/C29H35ClN6O4/c1-15(37)14-36-9-7-16(8-10-36)21-12-19(39-2)5-6-20(21)27-34-25-24(22(30)13-32-28(25)35-27)33-23-17-3-4-18(11-17)26(23)40-29(31)38/h3-6,12-13,15-18,23,26,37H,7-11,14H2,1-2H3,(H2,31,38)(H2,32,33,34,35)/t15-,17+,18-,23-,26+/m1/s1. The van der Waals surface area contributed by atoms with Gasteiger partial charge >= 0.3 is 6.09 Å². The zero-order chi connectivity index (χ0) is 28.0. The molecule has 3 aromatic rings. The summed E-state index contributed by atoms with van der Waals surface area (Å²) in [6.07, 6.45) is 7.19. The van der Waals surface area contributed by atoms with Gasteiger partial charge in [0.25, 0.3) is 0 Å². The number of H-pyrrole nitrogens is 1. The predicted octanol–water partition coefficient (Wildman–Crippen LogP) is 4.30. The van der Waals surface area contributed by atoms with Crippen LogP contribution in [0.25, 0.3) is 22.6 Å². The Morgan fingerprint density at radius 1 is 1.30 bits per heavy atom. The van der Waals surface area contributed by atoms with Crippen LogP contribution in [-0.4, -0.2) is 76.0 Å². The Balaban J connectivity index is 1.33. The highest BCUT2D eigenvalue weighted by molar-refractivity contribution is 6.34. The first kappa shape index (κ1) is 26.9.